The van der Waals surface area contributed by atoms with Crippen molar-refractivity contribution in [1.82, 2.24) is 9.80 Å². The summed E-state index contributed by atoms with van der Waals surface area (Å²) in [6.07, 6.45) is 1.96. The summed E-state index contributed by atoms with van der Waals surface area (Å²) in [5, 5.41) is 2.13. The predicted octanol–water partition coefficient (Wildman–Crippen LogP) is 4.01. The molecule has 1 aromatic heterocycles. The van der Waals surface area contributed by atoms with Crippen LogP contribution in [0.25, 0.3) is 0 Å². The van der Waals surface area contributed by atoms with Gasteiger partial charge in [0.25, 0.3) is 0 Å². The minimum atomic E-state index is 0.188. The molecule has 24 heavy (non-hydrogen) atoms. The van der Waals surface area contributed by atoms with Gasteiger partial charge in [-0.2, -0.15) is 0 Å². The molecule has 0 spiro atoms. The molecule has 2 heterocycles. The Morgan fingerprint density at radius 2 is 1.92 bits per heavy atom. The van der Waals surface area contributed by atoms with Crippen molar-refractivity contribution in [2.24, 2.45) is 5.92 Å². The summed E-state index contributed by atoms with van der Waals surface area (Å²) in [5.41, 5.74) is 1.21. The molecule has 1 amide bonds. The second kappa shape index (κ2) is 8.45. The summed E-state index contributed by atoms with van der Waals surface area (Å²) >= 11 is 1.82. The molecule has 1 aromatic carbocycles. The van der Waals surface area contributed by atoms with Gasteiger partial charge in [0.2, 0.25) is 5.91 Å². The van der Waals surface area contributed by atoms with Crippen molar-refractivity contribution < 1.29 is 4.79 Å². The number of nitrogens with zero attached hydrogens (tertiary/aromatic N) is 2. The Bertz CT molecular complexity index is 618. The van der Waals surface area contributed by atoms with Gasteiger partial charge >= 0.3 is 0 Å². The molecule has 3 rings (SSSR count). The van der Waals surface area contributed by atoms with E-state index in [4.69, 9.17) is 0 Å². The maximum absolute atomic E-state index is 12.9. The van der Waals surface area contributed by atoms with Gasteiger partial charge in [0, 0.05) is 30.4 Å². The highest BCUT2D eigenvalue weighted by Crippen LogP contribution is 2.23. The summed E-state index contributed by atoms with van der Waals surface area (Å²) in [4.78, 5) is 18.8. The normalized spacial score (nSPS) is 16.2. The molecule has 0 bridgehead atoms. The van der Waals surface area contributed by atoms with Crippen molar-refractivity contribution in [2.75, 3.05) is 19.6 Å². The van der Waals surface area contributed by atoms with E-state index in [-0.39, 0.29) is 5.92 Å². The third-order valence-corrected chi connectivity index (χ3v) is 5.67. The van der Waals surface area contributed by atoms with Crippen LogP contribution >= 0.6 is 11.3 Å². The second-order valence-corrected chi connectivity index (χ2v) is 7.50. The fraction of sp³-hybridized carbons (Fsp3) is 0.450. The average Bonchev–Trinajstić information content (AvgIpc) is 3.14. The van der Waals surface area contributed by atoms with E-state index in [2.05, 4.69) is 41.5 Å². The quantitative estimate of drug-likeness (QED) is 0.792. The molecule has 0 unspecified atom stereocenters. The smallest absolute Gasteiger partial charge is 0.226 e. The van der Waals surface area contributed by atoms with Gasteiger partial charge in [-0.3, -0.25) is 9.69 Å². The van der Waals surface area contributed by atoms with Crippen LogP contribution in [0, 0.1) is 5.92 Å². The fourth-order valence-electron chi connectivity index (χ4n) is 3.37. The number of hydrogen-bond acceptors (Lipinski definition) is 3. The zero-order chi connectivity index (χ0) is 16.8. The number of carbonyl (C=O) groups excluding carboxylic acids is 1. The van der Waals surface area contributed by atoms with Crippen LogP contribution in [0.3, 0.4) is 0 Å². The Hall–Kier alpha value is -1.65. The third kappa shape index (κ3) is 4.46. The van der Waals surface area contributed by atoms with E-state index < -0.39 is 0 Å². The minimum absolute atomic E-state index is 0.188. The Morgan fingerprint density at radius 3 is 2.54 bits per heavy atom. The fourth-order valence-corrected chi connectivity index (χ4v) is 4.11. The first-order valence-electron chi connectivity index (χ1n) is 8.83. The maximum atomic E-state index is 12.9. The molecule has 128 valence electrons. The molecular weight excluding hydrogens is 316 g/mol. The van der Waals surface area contributed by atoms with E-state index in [1.807, 2.05) is 34.4 Å². The van der Waals surface area contributed by atoms with Gasteiger partial charge < -0.3 is 4.90 Å². The van der Waals surface area contributed by atoms with Crippen molar-refractivity contribution >= 4 is 17.2 Å². The molecule has 0 radical (unpaired) electrons. The lowest BCUT2D eigenvalue weighted by Crippen LogP contribution is -2.42. The van der Waals surface area contributed by atoms with Crippen molar-refractivity contribution in [1.29, 1.82) is 0 Å². The first kappa shape index (κ1) is 17.2. The van der Waals surface area contributed by atoms with E-state index in [1.54, 1.807) is 0 Å². The molecule has 0 saturated carbocycles. The van der Waals surface area contributed by atoms with Gasteiger partial charge in [-0.05, 0) is 49.9 Å². The van der Waals surface area contributed by atoms with Gasteiger partial charge in [0.15, 0.2) is 0 Å². The van der Waals surface area contributed by atoms with Gasteiger partial charge in [-0.15, -0.1) is 11.3 Å². The number of benzene rings is 1. The van der Waals surface area contributed by atoms with Crippen LogP contribution in [0.5, 0.6) is 0 Å². The Morgan fingerprint density at radius 1 is 1.17 bits per heavy atom. The summed E-state index contributed by atoms with van der Waals surface area (Å²) in [6.45, 7) is 6.66. The molecule has 1 aliphatic rings. The molecule has 4 heteroatoms. The molecule has 1 aliphatic heterocycles. The van der Waals surface area contributed by atoms with Crippen LogP contribution in [0.1, 0.15) is 30.2 Å². The molecular formula is C20H26N2OS. The van der Waals surface area contributed by atoms with Crippen LogP contribution in [0.15, 0.2) is 47.8 Å². The number of carbonyl (C=O) groups is 1. The SMILES string of the molecule is CCN(Cc1ccccc1)C(=O)C1CCN(Cc2cccs2)CC1. The predicted molar refractivity (Wildman–Crippen MR) is 99.9 cm³/mol. The van der Waals surface area contributed by atoms with Crippen molar-refractivity contribution in [3.8, 4) is 0 Å². The summed E-state index contributed by atoms with van der Waals surface area (Å²) < 4.78 is 0. The molecule has 0 N–H and O–H groups in total. The van der Waals surface area contributed by atoms with Gasteiger partial charge in [-0.25, -0.2) is 0 Å². The van der Waals surface area contributed by atoms with E-state index in [0.29, 0.717) is 5.91 Å². The Balaban J connectivity index is 1.51. The molecule has 3 nitrogen and oxygen atoms in total. The number of likely N-dealkylation sites (tertiary alicyclic amines) is 1. The van der Waals surface area contributed by atoms with Crippen LogP contribution < -0.4 is 0 Å². The van der Waals surface area contributed by atoms with Gasteiger partial charge in [0.05, 0.1) is 0 Å². The lowest BCUT2D eigenvalue weighted by Gasteiger charge is -2.33. The van der Waals surface area contributed by atoms with Crippen LogP contribution in [-0.2, 0) is 17.9 Å². The Kier molecular flexibility index (Phi) is 6.05. The average molecular weight is 343 g/mol. The van der Waals surface area contributed by atoms with Crippen LogP contribution in [-0.4, -0.2) is 35.3 Å². The minimum Gasteiger partial charge on any atom is -0.338 e. The molecule has 0 atom stereocenters. The van der Waals surface area contributed by atoms with Crippen molar-refractivity contribution in [3.63, 3.8) is 0 Å². The van der Waals surface area contributed by atoms with Crippen LogP contribution in [0.4, 0.5) is 0 Å². The number of hydrogen-bond donors (Lipinski definition) is 0. The van der Waals surface area contributed by atoms with Gasteiger partial charge in [-0.1, -0.05) is 36.4 Å². The van der Waals surface area contributed by atoms with Crippen LogP contribution in [0.2, 0.25) is 0 Å². The number of rotatable bonds is 6. The summed E-state index contributed by atoms with van der Waals surface area (Å²) in [6, 6.07) is 14.6. The zero-order valence-corrected chi connectivity index (χ0v) is 15.2. The first-order valence-corrected chi connectivity index (χ1v) is 9.71. The maximum Gasteiger partial charge on any atom is 0.226 e. The first-order chi connectivity index (χ1) is 11.8. The lowest BCUT2D eigenvalue weighted by atomic mass is 9.95. The topological polar surface area (TPSA) is 23.6 Å². The van der Waals surface area contributed by atoms with Crippen molar-refractivity contribution in [2.45, 2.75) is 32.9 Å². The zero-order valence-electron chi connectivity index (χ0n) is 14.4. The summed E-state index contributed by atoms with van der Waals surface area (Å²) in [5.74, 6) is 0.519. The largest absolute Gasteiger partial charge is 0.338 e. The highest BCUT2D eigenvalue weighted by molar-refractivity contribution is 7.09. The second-order valence-electron chi connectivity index (χ2n) is 6.47. The highest BCUT2D eigenvalue weighted by Gasteiger charge is 2.28. The lowest BCUT2D eigenvalue weighted by molar-refractivity contribution is -0.137. The number of thiophene rings is 1. The molecule has 0 aliphatic carbocycles. The third-order valence-electron chi connectivity index (χ3n) is 4.81. The highest BCUT2D eigenvalue weighted by atomic mass is 32.1. The standard InChI is InChI=1S/C20H26N2OS/c1-2-22(15-17-7-4-3-5-8-17)20(23)18-10-12-21(13-11-18)16-19-9-6-14-24-19/h3-9,14,18H,2,10-13,15-16H2,1H3. The monoisotopic (exact) mass is 342 g/mol. The van der Waals surface area contributed by atoms with E-state index in [9.17, 15) is 4.79 Å². The number of amides is 1. The number of piperidine rings is 1. The molecule has 1 fully saturated rings. The van der Waals surface area contributed by atoms with Crippen molar-refractivity contribution in [3.05, 3.63) is 58.3 Å². The Labute approximate surface area is 148 Å². The summed E-state index contributed by atoms with van der Waals surface area (Å²) in [7, 11) is 0. The molecule has 2 aromatic rings. The van der Waals surface area contributed by atoms with E-state index >= 15 is 0 Å². The molecule has 1 saturated heterocycles. The van der Waals surface area contributed by atoms with Gasteiger partial charge in [0.1, 0.15) is 0 Å². The van der Waals surface area contributed by atoms with E-state index in [1.165, 1.54) is 10.4 Å². The van der Waals surface area contributed by atoms with E-state index in [0.717, 1.165) is 45.6 Å².